The summed E-state index contributed by atoms with van der Waals surface area (Å²) in [6, 6.07) is 2.97. The van der Waals surface area contributed by atoms with Crippen LogP contribution >= 0.6 is 0 Å². The topological polar surface area (TPSA) is 51.2 Å². The number of rotatable bonds is 3. The fourth-order valence-corrected chi connectivity index (χ4v) is 1.08. The van der Waals surface area contributed by atoms with E-state index < -0.39 is 5.95 Å². The molecule has 0 aliphatic rings. The fourth-order valence-electron chi connectivity index (χ4n) is 1.08. The second kappa shape index (κ2) is 4.92. The Labute approximate surface area is 93.8 Å². The molecule has 0 aromatic carbocycles. The minimum atomic E-state index is -0.717. The number of hydrogen-bond acceptors (Lipinski definition) is 3. The maximum atomic E-state index is 13.0. The Morgan fingerprint density at radius 1 is 1.56 bits per heavy atom. The summed E-state index contributed by atoms with van der Waals surface area (Å²) < 4.78 is 18.0. The first-order valence-corrected chi connectivity index (χ1v) is 4.93. The normalized spacial score (nSPS) is 11.0. The van der Waals surface area contributed by atoms with E-state index in [1.807, 2.05) is 20.8 Å². The van der Waals surface area contributed by atoms with Gasteiger partial charge < -0.3 is 10.1 Å². The number of amides is 1. The zero-order valence-electron chi connectivity index (χ0n) is 9.58. The first-order valence-electron chi connectivity index (χ1n) is 4.93. The molecular formula is C11H15FN2O2. The Kier molecular flexibility index (Phi) is 3.82. The summed E-state index contributed by atoms with van der Waals surface area (Å²) in [4.78, 5) is 14.8. The molecule has 1 N–H and O–H groups in total. The van der Waals surface area contributed by atoms with Crippen LogP contribution in [0.15, 0.2) is 18.3 Å². The molecule has 0 spiro atoms. The molecule has 1 rings (SSSR count). The van der Waals surface area contributed by atoms with Crippen molar-refractivity contribution in [1.29, 1.82) is 0 Å². The number of halogens is 1. The standard InChI is InChI=1S/C11H15FN2O2/c1-11(2,3)14-9(15)7-16-8-5-4-6-13-10(8)12/h4-6H,7H2,1-3H3,(H,14,15). The van der Waals surface area contributed by atoms with Gasteiger partial charge in [-0.2, -0.15) is 4.39 Å². The lowest BCUT2D eigenvalue weighted by Gasteiger charge is -2.20. The molecule has 0 bridgehead atoms. The van der Waals surface area contributed by atoms with Crippen molar-refractivity contribution in [3.05, 3.63) is 24.3 Å². The molecule has 1 heterocycles. The smallest absolute Gasteiger partial charge is 0.258 e. The number of nitrogens with zero attached hydrogens (tertiary/aromatic N) is 1. The molecule has 1 aromatic heterocycles. The van der Waals surface area contributed by atoms with Gasteiger partial charge in [-0.05, 0) is 32.9 Å². The molecule has 0 unspecified atom stereocenters. The van der Waals surface area contributed by atoms with Gasteiger partial charge in [0.1, 0.15) is 0 Å². The number of pyridine rings is 1. The molecule has 0 aliphatic heterocycles. The molecule has 0 radical (unpaired) electrons. The van der Waals surface area contributed by atoms with E-state index in [0.717, 1.165) is 0 Å². The molecular weight excluding hydrogens is 211 g/mol. The van der Waals surface area contributed by atoms with Crippen LogP contribution in [-0.2, 0) is 4.79 Å². The quantitative estimate of drug-likeness (QED) is 0.795. The molecule has 88 valence electrons. The molecule has 0 fully saturated rings. The maximum absolute atomic E-state index is 13.0. The van der Waals surface area contributed by atoms with Crippen molar-refractivity contribution in [2.45, 2.75) is 26.3 Å². The Balaban J connectivity index is 2.47. The van der Waals surface area contributed by atoms with Crippen LogP contribution in [0.4, 0.5) is 4.39 Å². The highest BCUT2D eigenvalue weighted by atomic mass is 19.1. The van der Waals surface area contributed by atoms with E-state index in [2.05, 4.69) is 10.3 Å². The largest absolute Gasteiger partial charge is 0.479 e. The summed E-state index contributed by atoms with van der Waals surface area (Å²) in [5, 5.41) is 2.70. The van der Waals surface area contributed by atoms with Gasteiger partial charge in [0.2, 0.25) is 0 Å². The van der Waals surface area contributed by atoms with Crippen molar-refractivity contribution < 1.29 is 13.9 Å². The van der Waals surface area contributed by atoms with E-state index in [4.69, 9.17) is 4.74 Å². The van der Waals surface area contributed by atoms with Crippen LogP contribution in [0.1, 0.15) is 20.8 Å². The van der Waals surface area contributed by atoms with Gasteiger partial charge >= 0.3 is 0 Å². The Morgan fingerprint density at radius 3 is 2.81 bits per heavy atom. The van der Waals surface area contributed by atoms with Crippen LogP contribution in [0.2, 0.25) is 0 Å². The minimum absolute atomic E-state index is 0.0217. The molecule has 0 saturated heterocycles. The average molecular weight is 226 g/mol. The van der Waals surface area contributed by atoms with Gasteiger partial charge in [0.25, 0.3) is 11.9 Å². The number of carbonyl (C=O) groups is 1. The molecule has 0 saturated carbocycles. The predicted molar refractivity (Wildman–Crippen MR) is 57.6 cm³/mol. The third kappa shape index (κ3) is 4.25. The lowest BCUT2D eigenvalue weighted by molar-refractivity contribution is -0.124. The van der Waals surface area contributed by atoms with Crippen LogP contribution in [0.5, 0.6) is 5.75 Å². The van der Waals surface area contributed by atoms with E-state index in [1.54, 1.807) is 6.07 Å². The van der Waals surface area contributed by atoms with Crippen molar-refractivity contribution in [2.75, 3.05) is 6.61 Å². The van der Waals surface area contributed by atoms with Crippen molar-refractivity contribution >= 4 is 5.91 Å². The fraction of sp³-hybridized carbons (Fsp3) is 0.455. The van der Waals surface area contributed by atoms with Gasteiger partial charge in [0.05, 0.1) is 0 Å². The lowest BCUT2D eigenvalue weighted by Crippen LogP contribution is -2.43. The monoisotopic (exact) mass is 226 g/mol. The highest BCUT2D eigenvalue weighted by molar-refractivity contribution is 5.78. The lowest BCUT2D eigenvalue weighted by atomic mass is 10.1. The molecule has 5 heteroatoms. The van der Waals surface area contributed by atoms with E-state index in [1.165, 1.54) is 12.3 Å². The second-order valence-electron chi connectivity index (χ2n) is 4.38. The van der Waals surface area contributed by atoms with Crippen LogP contribution in [0.3, 0.4) is 0 Å². The van der Waals surface area contributed by atoms with E-state index in [-0.39, 0.29) is 23.8 Å². The summed E-state index contributed by atoms with van der Waals surface area (Å²) in [6.07, 6.45) is 1.32. The third-order valence-electron chi connectivity index (χ3n) is 1.60. The zero-order chi connectivity index (χ0) is 12.2. The van der Waals surface area contributed by atoms with Crippen LogP contribution in [0.25, 0.3) is 0 Å². The molecule has 1 amide bonds. The first kappa shape index (κ1) is 12.4. The van der Waals surface area contributed by atoms with Gasteiger partial charge in [-0.1, -0.05) is 0 Å². The maximum Gasteiger partial charge on any atom is 0.258 e. The Morgan fingerprint density at radius 2 is 2.25 bits per heavy atom. The van der Waals surface area contributed by atoms with E-state index in [0.29, 0.717) is 0 Å². The number of carbonyl (C=O) groups excluding carboxylic acids is 1. The van der Waals surface area contributed by atoms with Gasteiger partial charge in [-0.25, -0.2) is 4.98 Å². The summed E-state index contributed by atoms with van der Waals surface area (Å²) in [6.45, 7) is 5.35. The van der Waals surface area contributed by atoms with Gasteiger partial charge in [0.15, 0.2) is 12.4 Å². The minimum Gasteiger partial charge on any atom is -0.479 e. The first-order chi connectivity index (χ1) is 7.38. The van der Waals surface area contributed by atoms with E-state index in [9.17, 15) is 9.18 Å². The average Bonchev–Trinajstić information content (AvgIpc) is 2.14. The molecule has 4 nitrogen and oxygen atoms in total. The molecule has 16 heavy (non-hydrogen) atoms. The van der Waals surface area contributed by atoms with Crippen molar-refractivity contribution in [3.8, 4) is 5.75 Å². The zero-order valence-corrected chi connectivity index (χ0v) is 9.58. The Hall–Kier alpha value is -1.65. The van der Waals surface area contributed by atoms with Gasteiger partial charge in [-0.15, -0.1) is 0 Å². The molecule has 0 aliphatic carbocycles. The Bertz CT molecular complexity index is 374. The number of ether oxygens (including phenoxy) is 1. The summed E-state index contributed by atoms with van der Waals surface area (Å²) in [5.41, 5.74) is -0.325. The van der Waals surface area contributed by atoms with Crippen molar-refractivity contribution in [1.82, 2.24) is 10.3 Å². The highest BCUT2D eigenvalue weighted by Crippen LogP contribution is 2.12. The second-order valence-corrected chi connectivity index (χ2v) is 4.38. The van der Waals surface area contributed by atoms with Crippen molar-refractivity contribution in [2.24, 2.45) is 0 Å². The van der Waals surface area contributed by atoms with Crippen LogP contribution < -0.4 is 10.1 Å². The van der Waals surface area contributed by atoms with Crippen LogP contribution in [0, 0.1) is 5.95 Å². The number of aromatic nitrogens is 1. The number of nitrogens with one attached hydrogen (secondary N) is 1. The van der Waals surface area contributed by atoms with Crippen molar-refractivity contribution in [3.63, 3.8) is 0 Å². The van der Waals surface area contributed by atoms with Crippen LogP contribution in [-0.4, -0.2) is 23.0 Å². The summed E-state index contributed by atoms with van der Waals surface area (Å²) in [5.74, 6) is -1.03. The molecule has 0 atom stereocenters. The summed E-state index contributed by atoms with van der Waals surface area (Å²) >= 11 is 0. The number of hydrogen-bond donors (Lipinski definition) is 1. The molecule has 1 aromatic rings. The SMILES string of the molecule is CC(C)(C)NC(=O)COc1cccnc1F. The summed E-state index contributed by atoms with van der Waals surface area (Å²) in [7, 11) is 0. The highest BCUT2D eigenvalue weighted by Gasteiger charge is 2.14. The predicted octanol–water partition coefficient (Wildman–Crippen LogP) is 1.51. The third-order valence-corrected chi connectivity index (χ3v) is 1.60. The van der Waals surface area contributed by atoms with Gasteiger partial charge in [0, 0.05) is 11.7 Å². The van der Waals surface area contributed by atoms with Gasteiger partial charge in [-0.3, -0.25) is 4.79 Å². The van der Waals surface area contributed by atoms with E-state index >= 15 is 0 Å².